The summed E-state index contributed by atoms with van der Waals surface area (Å²) >= 11 is 2.47. The molecule has 0 spiro atoms. The first kappa shape index (κ1) is 24.5. The molecule has 2 aromatic carbocycles. The van der Waals surface area contributed by atoms with Crippen LogP contribution >= 0.6 is 23.1 Å². The molecule has 2 amide bonds. The van der Waals surface area contributed by atoms with Crippen LogP contribution in [0.5, 0.6) is 11.5 Å². The molecule has 0 radical (unpaired) electrons. The van der Waals surface area contributed by atoms with Gasteiger partial charge in [0.2, 0.25) is 11.0 Å². The molecule has 3 rings (SSSR count). The van der Waals surface area contributed by atoms with Crippen LogP contribution in [0.3, 0.4) is 0 Å². The van der Waals surface area contributed by atoms with Crippen LogP contribution in [0, 0.1) is 0 Å². The number of aryl methyl sites for hydroxylation is 1. The highest BCUT2D eigenvalue weighted by atomic mass is 32.2. The van der Waals surface area contributed by atoms with Crippen molar-refractivity contribution in [3.8, 4) is 11.5 Å². The van der Waals surface area contributed by atoms with Gasteiger partial charge in [0.15, 0.2) is 15.8 Å². The van der Waals surface area contributed by atoms with Crippen LogP contribution in [0.4, 0.5) is 10.8 Å². The number of hydrogen-bond acceptors (Lipinski definition) is 8. The van der Waals surface area contributed by atoms with Gasteiger partial charge in [0, 0.05) is 11.3 Å². The number of carbonyl (C=O) groups excluding carboxylic acids is 2. The van der Waals surface area contributed by atoms with E-state index < -0.39 is 0 Å². The van der Waals surface area contributed by atoms with E-state index in [1.54, 1.807) is 18.2 Å². The average Bonchev–Trinajstić information content (AvgIpc) is 3.29. The zero-order valence-electron chi connectivity index (χ0n) is 18.7. The Morgan fingerprint density at radius 3 is 2.45 bits per heavy atom. The third-order valence-corrected chi connectivity index (χ3v) is 6.63. The molecule has 0 saturated carbocycles. The Labute approximate surface area is 201 Å². The van der Waals surface area contributed by atoms with E-state index in [2.05, 4.69) is 27.8 Å². The number of ether oxygens (including phenoxy) is 2. The van der Waals surface area contributed by atoms with Gasteiger partial charge in [-0.1, -0.05) is 48.6 Å². The van der Waals surface area contributed by atoms with Crippen molar-refractivity contribution >= 4 is 45.7 Å². The van der Waals surface area contributed by atoms with Crippen LogP contribution in [0.2, 0.25) is 0 Å². The van der Waals surface area contributed by atoms with Gasteiger partial charge in [-0.05, 0) is 48.7 Å². The topological polar surface area (TPSA) is 102 Å². The Morgan fingerprint density at radius 1 is 1.00 bits per heavy atom. The predicted octanol–water partition coefficient (Wildman–Crippen LogP) is 4.88. The number of rotatable bonds is 11. The van der Waals surface area contributed by atoms with Gasteiger partial charge in [0.05, 0.1) is 20.0 Å². The number of anilines is 2. The number of thioether (sulfide) groups is 1. The highest BCUT2D eigenvalue weighted by molar-refractivity contribution is 8.01. The summed E-state index contributed by atoms with van der Waals surface area (Å²) in [6.07, 6.45) is 3.35. The average molecular weight is 487 g/mol. The molecule has 0 atom stereocenters. The maximum absolute atomic E-state index is 12.5. The molecule has 0 aliphatic heterocycles. The summed E-state index contributed by atoms with van der Waals surface area (Å²) in [5.41, 5.74) is 2.43. The third-order valence-electron chi connectivity index (χ3n) is 4.66. The number of methoxy groups -OCH3 is 2. The summed E-state index contributed by atoms with van der Waals surface area (Å²) in [4.78, 5) is 24.8. The SMILES string of the molecule is CCCCc1ccc(NC(=O)CSc2nnc(NC(=O)c3ccc(OC)c(OC)c3)s2)cc1. The van der Waals surface area contributed by atoms with Gasteiger partial charge in [0.25, 0.3) is 5.91 Å². The molecule has 8 nitrogen and oxygen atoms in total. The maximum Gasteiger partial charge on any atom is 0.257 e. The van der Waals surface area contributed by atoms with E-state index in [9.17, 15) is 9.59 Å². The van der Waals surface area contributed by atoms with Gasteiger partial charge in [-0.3, -0.25) is 14.9 Å². The van der Waals surface area contributed by atoms with E-state index in [-0.39, 0.29) is 17.6 Å². The molecule has 0 saturated heterocycles. The molecule has 0 bridgehead atoms. The van der Waals surface area contributed by atoms with Crippen molar-refractivity contribution in [2.24, 2.45) is 0 Å². The smallest absolute Gasteiger partial charge is 0.257 e. The second kappa shape index (κ2) is 12.2. The Bertz CT molecular complexity index is 1090. The number of nitrogens with one attached hydrogen (secondary N) is 2. The van der Waals surface area contributed by atoms with Gasteiger partial charge in [-0.15, -0.1) is 10.2 Å². The van der Waals surface area contributed by atoms with Gasteiger partial charge < -0.3 is 14.8 Å². The summed E-state index contributed by atoms with van der Waals surface area (Å²) in [5.74, 6) is 0.710. The van der Waals surface area contributed by atoms with Gasteiger partial charge in [0.1, 0.15) is 0 Å². The highest BCUT2D eigenvalue weighted by Gasteiger charge is 2.14. The Hall–Kier alpha value is -3.11. The zero-order valence-corrected chi connectivity index (χ0v) is 20.3. The lowest BCUT2D eigenvalue weighted by molar-refractivity contribution is -0.113. The van der Waals surface area contributed by atoms with Crippen molar-refractivity contribution in [1.29, 1.82) is 0 Å². The second-order valence-corrected chi connectivity index (χ2v) is 9.23. The van der Waals surface area contributed by atoms with E-state index in [4.69, 9.17) is 9.47 Å². The summed E-state index contributed by atoms with van der Waals surface area (Å²) in [6, 6.07) is 12.8. The second-order valence-electron chi connectivity index (χ2n) is 7.03. The van der Waals surface area contributed by atoms with Crippen molar-refractivity contribution in [2.45, 2.75) is 30.5 Å². The van der Waals surface area contributed by atoms with Gasteiger partial charge in [-0.2, -0.15) is 0 Å². The lowest BCUT2D eigenvalue weighted by Crippen LogP contribution is -2.13. The van der Waals surface area contributed by atoms with Crippen LogP contribution < -0.4 is 20.1 Å². The van der Waals surface area contributed by atoms with E-state index >= 15 is 0 Å². The third kappa shape index (κ3) is 7.19. The van der Waals surface area contributed by atoms with Gasteiger partial charge in [-0.25, -0.2) is 0 Å². The van der Waals surface area contributed by atoms with Crippen LogP contribution in [-0.2, 0) is 11.2 Å². The number of benzene rings is 2. The van der Waals surface area contributed by atoms with E-state index in [0.717, 1.165) is 24.9 Å². The molecule has 3 aromatic rings. The standard InChI is InChI=1S/C23H26N4O4S2/c1-4-5-6-15-7-10-17(11-8-15)24-20(28)14-32-23-27-26-22(33-23)25-21(29)16-9-12-18(30-2)19(13-16)31-3/h7-13H,4-6,14H2,1-3H3,(H,24,28)(H,25,26,29). The lowest BCUT2D eigenvalue weighted by Gasteiger charge is -2.08. The number of amides is 2. The molecule has 0 aliphatic carbocycles. The van der Waals surface area contributed by atoms with Crippen molar-refractivity contribution in [3.63, 3.8) is 0 Å². The van der Waals surface area contributed by atoms with Crippen molar-refractivity contribution in [3.05, 3.63) is 53.6 Å². The quantitative estimate of drug-likeness (QED) is 0.294. The van der Waals surface area contributed by atoms with E-state index in [1.807, 2.05) is 24.3 Å². The highest BCUT2D eigenvalue weighted by Crippen LogP contribution is 2.29. The van der Waals surface area contributed by atoms with Crippen molar-refractivity contribution < 1.29 is 19.1 Å². The van der Waals surface area contributed by atoms with Crippen LogP contribution in [0.1, 0.15) is 35.7 Å². The predicted molar refractivity (Wildman–Crippen MR) is 132 cm³/mol. The first-order chi connectivity index (χ1) is 16.0. The molecule has 0 unspecified atom stereocenters. The summed E-state index contributed by atoms with van der Waals surface area (Å²) in [7, 11) is 3.04. The van der Waals surface area contributed by atoms with E-state index in [1.165, 1.54) is 42.9 Å². The molecule has 1 aromatic heterocycles. The van der Waals surface area contributed by atoms with Crippen LogP contribution in [0.25, 0.3) is 0 Å². The van der Waals surface area contributed by atoms with Crippen LogP contribution in [0.15, 0.2) is 46.8 Å². The largest absolute Gasteiger partial charge is 0.493 e. The maximum atomic E-state index is 12.5. The summed E-state index contributed by atoms with van der Waals surface area (Å²) < 4.78 is 11.0. The molecular weight excluding hydrogens is 460 g/mol. The van der Waals surface area contributed by atoms with Gasteiger partial charge >= 0.3 is 0 Å². The fourth-order valence-corrected chi connectivity index (χ4v) is 4.47. The molecule has 0 aliphatic rings. The first-order valence-electron chi connectivity index (χ1n) is 10.4. The molecule has 2 N–H and O–H groups in total. The fourth-order valence-electron chi connectivity index (χ4n) is 2.93. The molecule has 10 heteroatoms. The minimum Gasteiger partial charge on any atom is -0.493 e. The number of aromatic nitrogens is 2. The summed E-state index contributed by atoms with van der Waals surface area (Å²) in [5, 5.41) is 14.0. The monoisotopic (exact) mass is 486 g/mol. The zero-order chi connectivity index (χ0) is 23.6. The Morgan fingerprint density at radius 2 is 1.76 bits per heavy atom. The molecule has 174 valence electrons. The molecule has 0 fully saturated rings. The van der Waals surface area contributed by atoms with Crippen molar-refractivity contribution in [2.75, 3.05) is 30.6 Å². The number of carbonyl (C=O) groups is 2. The summed E-state index contributed by atoms with van der Waals surface area (Å²) in [6.45, 7) is 2.17. The number of hydrogen-bond donors (Lipinski definition) is 2. The number of nitrogens with zero attached hydrogens (tertiary/aromatic N) is 2. The van der Waals surface area contributed by atoms with Crippen molar-refractivity contribution in [1.82, 2.24) is 10.2 Å². The lowest BCUT2D eigenvalue weighted by atomic mass is 10.1. The fraction of sp³-hybridized carbons (Fsp3) is 0.304. The molecular formula is C23H26N4O4S2. The first-order valence-corrected chi connectivity index (χ1v) is 12.2. The van der Waals surface area contributed by atoms with Crippen LogP contribution in [-0.4, -0.2) is 42.0 Å². The normalized spacial score (nSPS) is 10.5. The molecule has 33 heavy (non-hydrogen) atoms. The Balaban J connectivity index is 1.49. The molecule has 1 heterocycles. The number of unbranched alkanes of at least 4 members (excludes halogenated alkanes) is 1. The Kier molecular flexibility index (Phi) is 9.08. The van der Waals surface area contributed by atoms with E-state index in [0.29, 0.717) is 26.5 Å². The minimum atomic E-state index is -0.344. The minimum absolute atomic E-state index is 0.132.